The molecule has 3 heteroatoms. The Labute approximate surface area is 60.4 Å². The van der Waals surface area contributed by atoms with Crippen molar-refractivity contribution in [3.8, 4) is 0 Å². The molecule has 0 amide bonds. The van der Waals surface area contributed by atoms with Crippen LogP contribution in [0, 0.1) is 0 Å². The number of nitrogens with zero attached hydrogens (tertiary/aromatic N) is 1. The van der Waals surface area contributed by atoms with Crippen LogP contribution in [0.1, 0.15) is 13.3 Å². The fraction of sp³-hybridized carbons (Fsp3) is 0.571. The summed E-state index contributed by atoms with van der Waals surface area (Å²) in [5.74, 6) is 0. The average Bonchev–Trinajstić information content (AvgIpc) is 1.98. The van der Waals surface area contributed by atoms with Crippen LogP contribution in [0.3, 0.4) is 0 Å². The van der Waals surface area contributed by atoms with Crippen LogP contribution in [0.15, 0.2) is 17.8 Å². The highest BCUT2D eigenvalue weighted by molar-refractivity contribution is 5.33. The molecule has 0 fully saturated rings. The van der Waals surface area contributed by atoms with E-state index < -0.39 is 0 Å². The number of hydrogen-bond donors (Lipinski definition) is 0. The van der Waals surface area contributed by atoms with Gasteiger partial charge in [0.1, 0.15) is 6.61 Å². The van der Waals surface area contributed by atoms with Crippen molar-refractivity contribution in [1.82, 2.24) is 0 Å². The van der Waals surface area contributed by atoms with E-state index in [9.17, 15) is 4.79 Å². The number of rotatable bonds is 5. The lowest BCUT2D eigenvalue weighted by Crippen LogP contribution is -2.09. The number of ether oxygens (including phenoxy) is 1. The van der Waals surface area contributed by atoms with Crippen LogP contribution in [-0.4, -0.2) is 18.7 Å². The molecular weight excluding hydrogens is 130 g/mol. The summed E-state index contributed by atoms with van der Waals surface area (Å²) in [5, 5.41) is 0. The zero-order chi connectivity index (χ0) is 7.82. The molecule has 10 heavy (non-hydrogen) atoms. The fourth-order valence-corrected chi connectivity index (χ4v) is 0.500. The molecule has 0 rings (SSSR count). The van der Waals surface area contributed by atoms with Gasteiger partial charge in [0.2, 0.25) is 6.08 Å². The Morgan fingerprint density at radius 2 is 2.60 bits per heavy atom. The van der Waals surface area contributed by atoms with Gasteiger partial charge in [-0.2, -0.15) is 4.99 Å². The summed E-state index contributed by atoms with van der Waals surface area (Å²) in [5.41, 5.74) is 0. The highest BCUT2D eigenvalue weighted by Gasteiger charge is 2.01. The van der Waals surface area contributed by atoms with Gasteiger partial charge < -0.3 is 4.74 Å². The quantitative estimate of drug-likeness (QED) is 0.328. The number of hydrogen-bond acceptors (Lipinski definition) is 3. The van der Waals surface area contributed by atoms with Crippen LogP contribution < -0.4 is 0 Å². The minimum absolute atomic E-state index is 0.0736. The molecule has 0 spiro atoms. The molecule has 0 aliphatic heterocycles. The maximum absolute atomic E-state index is 9.76. The lowest BCUT2D eigenvalue weighted by molar-refractivity contribution is 0.226. The summed E-state index contributed by atoms with van der Waals surface area (Å²) in [6.45, 7) is 5.71. The molecule has 0 saturated heterocycles. The first-order valence-electron chi connectivity index (χ1n) is 3.14. The first-order chi connectivity index (χ1) is 4.85. The normalized spacial score (nSPS) is 11.3. The molecule has 3 nitrogen and oxygen atoms in total. The Balaban J connectivity index is 3.59. The topological polar surface area (TPSA) is 38.7 Å². The molecular formula is C7H11NO2. The lowest BCUT2D eigenvalue weighted by Gasteiger charge is -2.05. The molecule has 1 unspecified atom stereocenters. The average molecular weight is 141 g/mol. The van der Waals surface area contributed by atoms with Gasteiger partial charge in [-0.05, 0) is 6.42 Å². The van der Waals surface area contributed by atoms with Crippen LogP contribution in [0.25, 0.3) is 0 Å². The number of aliphatic imine (C=N–C) groups is 1. The van der Waals surface area contributed by atoms with Gasteiger partial charge in [-0.25, -0.2) is 4.79 Å². The summed E-state index contributed by atoms with van der Waals surface area (Å²) in [4.78, 5) is 13.3. The van der Waals surface area contributed by atoms with E-state index >= 15 is 0 Å². The highest BCUT2D eigenvalue weighted by atomic mass is 16.5. The fourth-order valence-electron chi connectivity index (χ4n) is 0.500. The molecule has 0 bridgehead atoms. The molecule has 0 aromatic rings. The van der Waals surface area contributed by atoms with Crippen molar-refractivity contribution in [3.05, 3.63) is 12.8 Å². The van der Waals surface area contributed by atoms with Crippen molar-refractivity contribution in [3.63, 3.8) is 0 Å². The summed E-state index contributed by atoms with van der Waals surface area (Å²) in [7, 11) is 0. The third kappa shape index (κ3) is 3.87. The largest absolute Gasteiger partial charge is 0.500 e. The van der Waals surface area contributed by atoms with Crippen LogP contribution in [0.4, 0.5) is 0 Å². The maximum atomic E-state index is 9.76. The van der Waals surface area contributed by atoms with Crippen LogP contribution in [0.5, 0.6) is 0 Å². The van der Waals surface area contributed by atoms with Gasteiger partial charge in [-0.15, -0.1) is 0 Å². The second-order valence-corrected chi connectivity index (χ2v) is 1.78. The first-order valence-corrected chi connectivity index (χ1v) is 3.14. The highest BCUT2D eigenvalue weighted by Crippen LogP contribution is 1.96. The smallest absolute Gasteiger partial charge is 0.235 e. The van der Waals surface area contributed by atoms with Crippen molar-refractivity contribution in [1.29, 1.82) is 0 Å². The summed E-state index contributed by atoms with van der Waals surface area (Å²) >= 11 is 0. The van der Waals surface area contributed by atoms with E-state index in [0.717, 1.165) is 6.42 Å². The SMILES string of the molecule is C=COCC(CC)N=C=O. The van der Waals surface area contributed by atoms with Crippen LogP contribution >= 0.6 is 0 Å². The molecule has 0 aromatic carbocycles. The molecule has 0 N–H and O–H groups in total. The van der Waals surface area contributed by atoms with Crippen molar-refractivity contribution in [2.24, 2.45) is 4.99 Å². The summed E-state index contributed by atoms with van der Waals surface area (Å²) < 4.78 is 4.83. The lowest BCUT2D eigenvalue weighted by atomic mass is 10.2. The van der Waals surface area contributed by atoms with Crippen molar-refractivity contribution < 1.29 is 9.53 Å². The van der Waals surface area contributed by atoms with E-state index in [4.69, 9.17) is 4.74 Å². The molecule has 0 aromatic heterocycles. The Hall–Kier alpha value is -1.08. The van der Waals surface area contributed by atoms with Gasteiger partial charge in [0, 0.05) is 0 Å². The maximum Gasteiger partial charge on any atom is 0.235 e. The van der Waals surface area contributed by atoms with Gasteiger partial charge in [0.05, 0.1) is 12.3 Å². The second-order valence-electron chi connectivity index (χ2n) is 1.78. The third-order valence-electron chi connectivity index (χ3n) is 1.11. The van der Waals surface area contributed by atoms with E-state index in [0.29, 0.717) is 6.61 Å². The van der Waals surface area contributed by atoms with E-state index in [1.54, 1.807) is 0 Å². The molecule has 56 valence electrons. The van der Waals surface area contributed by atoms with Gasteiger partial charge in [0.15, 0.2) is 0 Å². The van der Waals surface area contributed by atoms with E-state index in [1.165, 1.54) is 12.3 Å². The predicted molar refractivity (Wildman–Crippen MR) is 38.3 cm³/mol. The third-order valence-corrected chi connectivity index (χ3v) is 1.11. The Morgan fingerprint density at radius 3 is 3.00 bits per heavy atom. The van der Waals surface area contributed by atoms with E-state index in [2.05, 4.69) is 11.6 Å². The zero-order valence-electron chi connectivity index (χ0n) is 6.04. The monoisotopic (exact) mass is 141 g/mol. The van der Waals surface area contributed by atoms with Gasteiger partial charge in [-0.3, -0.25) is 0 Å². The summed E-state index contributed by atoms with van der Waals surface area (Å²) in [6.07, 6.45) is 3.61. The number of carbonyl (C=O) groups excluding carboxylic acids is 1. The standard InChI is InChI=1S/C7H11NO2/c1-3-7(8-6-9)5-10-4-2/h4,7H,2-3,5H2,1H3. The first kappa shape index (κ1) is 8.92. The molecule has 0 heterocycles. The minimum Gasteiger partial charge on any atom is -0.500 e. The molecule has 0 radical (unpaired) electrons. The molecule has 0 saturated carbocycles. The summed E-state index contributed by atoms with van der Waals surface area (Å²) in [6, 6.07) is -0.0736. The second kappa shape index (κ2) is 6.05. The Kier molecular flexibility index (Phi) is 5.39. The van der Waals surface area contributed by atoms with Crippen LogP contribution in [0.2, 0.25) is 0 Å². The number of isocyanates is 1. The Morgan fingerprint density at radius 1 is 1.90 bits per heavy atom. The minimum atomic E-state index is -0.0736. The molecule has 0 aliphatic rings. The van der Waals surface area contributed by atoms with Gasteiger partial charge >= 0.3 is 0 Å². The van der Waals surface area contributed by atoms with Gasteiger partial charge in [0.25, 0.3) is 0 Å². The van der Waals surface area contributed by atoms with Crippen molar-refractivity contribution in [2.45, 2.75) is 19.4 Å². The van der Waals surface area contributed by atoms with Gasteiger partial charge in [-0.1, -0.05) is 13.5 Å². The van der Waals surface area contributed by atoms with Crippen molar-refractivity contribution in [2.75, 3.05) is 6.61 Å². The Bertz CT molecular complexity index is 139. The van der Waals surface area contributed by atoms with Crippen LogP contribution in [-0.2, 0) is 9.53 Å². The molecule has 1 atom stereocenters. The van der Waals surface area contributed by atoms with E-state index in [1.807, 2.05) is 6.92 Å². The zero-order valence-corrected chi connectivity index (χ0v) is 6.04. The predicted octanol–water partition coefficient (Wildman–Crippen LogP) is 1.26. The molecule has 0 aliphatic carbocycles. The van der Waals surface area contributed by atoms with Crippen molar-refractivity contribution >= 4 is 6.08 Å². The van der Waals surface area contributed by atoms with E-state index in [-0.39, 0.29) is 6.04 Å².